The van der Waals surface area contributed by atoms with Crippen molar-refractivity contribution in [2.45, 2.75) is 6.92 Å². The average molecular weight is 325 g/mol. The van der Waals surface area contributed by atoms with Crippen molar-refractivity contribution in [2.75, 3.05) is 26.8 Å². The van der Waals surface area contributed by atoms with Crippen molar-refractivity contribution < 1.29 is 19.4 Å². The van der Waals surface area contributed by atoms with Crippen LogP contribution in [0.2, 0.25) is 0 Å². The summed E-state index contributed by atoms with van der Waals surface area (Å²) >= 11 is 1.29. The summed E-state index contributed by atoms with van der Waals surface area (Å²) in [6.07, 6.45) is 1.19. The largest absolute Gasteiger partial charge is 0.480 e. The van der Waals surface area contributed by atoms with Gasteiger partial charge < -0.3 is 14.7 Å². The number of hydrogen-bond donors (Lipinski definition) is 1. The highest BCUT2D eigenvalue weighted by molar-refractivity contribution is 7.15. The molecule has 0 unspecified atom stereocenters. The molecular formula is C13H15N3O5S. The molecule has 9 heteroatoms. The molecule has 2 aromatic rings. The van der Waals surface area contributed by atoms with Gasteiger partial charge in [0.15, 0.2) is 4.96 Å². The highest BCUT2D eigenvalue weighted by atomic mass is 32.1. The Hall–Kier alpha value is -2.26. The van der Waals surface area contributed by atoms with E-state index in [1.807, 2.05) is 0 Å². The van der Waals surface area contributed by atoms with Crippen molar-refractivity contribution >= 4 is 28.2 Å². The SMILES string of the molecule is COCCN(CC(=O)O)C(=O)c1cnc2scc(C)n2c1=O. The summed E-state index contributed by atoms with van der Waals surface area (Å²) in [5, 5.41) is 10.7. The first-order valence-corrected chi connectivity index (χ1v) is 7.29. The number of carboxylic acid groups (broad SMARTS) is 1. The molecule has 0 aliphatic heterocycles. The fraction of sp³-hybridized carbons (Fsp3) is 0.385. The Morgan fingerprint density at radius 2 is 2.23 bits per heavy atom. The number of thiazole rings is 1. The van der Waals surface area contributed by atoms with Gasteiger partial charge >= 0.3 is 5.97 Å². The molecule has 0 aromatic carbocycles. The lowest BCUT2D eigenvalue weighted by Crippen LogP contribution is -2.40. The summed E-state index contributed by atoms with van der Waals surface area (Å²) in [6, 6.07) is 0. The Morgan fingerprint density at radius 3 is 2.86 bits per heavy atom. The van der Waals surface area contributed by atoms with E-state index >= 15 is 0 Å². The summed E-state index contributed by atoms with van der Waals surface area (Å²) in [6.45, 7) is 1.48. The Morgan fingerprint density at radius 1 is 1.50 bits per heavy atom. The van der Waals surface area contributed by atoms with Crippen LogP contribution in [0.3, 0.4) is 0 Å². The molecule has 8 nitrogen and oxygen atoms in total. The van der Waals surface area contributed by atoms with E-state index < -0.39 is 24.0 Å². The number of rotatable bonds is 6. The number of methoxy groups -OCH3 is 1. The van der Waals surface area contributed by atoms with Crippen molar-refractivity contribution in [2.24, 2.45) is 0 Å². The second-order valence-corrected chi connectivity index (χ2v) is 5.42. The number of hydrogen-bond acceptors (Lipinski definition) is 6. The Bertz CT molecular complexity index is 767. The lowest BCUT2D eigenvalue weighted by Gasteiger charge is -2.19. The van der Waals surface area contributed by atoms with Gasteiger partial charge in [-0.05, 0) is 6.92 Å². The molecule has 1 amide bonds. The van der Waals surface area contributed by atoms with E-state index in [1.54, 1.807) is 12.3 Å². The number of carboxylic acids is 1. The van der Waals surface area contributed by atoms with E-state index in [2.05, 4.69) is 4.98 Å². The van der Waals surface area contributed by atoms with Crippen LogP contribution in [0, 0.1) is 6.92 Å². The third-order valence-corrected chi connectivity index (χ3v) is 3.98. The molecule has 0 saturated carbocycles. The van der Waals surface area contributed by atoms with Crippen LogP contribution in [0.4, 0.5) is 0 Å². The predicted molar refractivity (Wildman–Crippen MR) is 79.5 cm³/mol. The molecule has 0 spiro atoms. The van der Waals surface area contributed by atoms with Crippen LogP contribution in [0.5, 0.6) is 0 Å². The quantitative estimate of drug-likeness (QED) is 0.816. The Balaban J connectivity index is 2.41. The summed E-state index contributed by atoms with van der Waals surface area (Å²) in [5.74, 6) is -1.83. The summed E-state index contributed by atoms with van der Waals surface area (Å²) in [4.78, 5) is 41.4. The van der Waals surface area contributed by atoms with Gasteiger partial charge in [-0.15, -0.1) is 11.3 Å². The van der Waals surface area contributed by atoms with Crippen LogP contribution >= 0.6 is 11.3 Å². The van der Waals surface area contributed by atoms with Crippen LogP contribution in [-0.2, 0) is 9.53 Å². The van der Waals surface area contributed by atoms with Crippen molar-refractivity contribution in [3.05, 3.63) is 33.2 Å². The summed E-state index contributed by atoms with van der Waals surface area (Å²) in [5.41, 5.74) is 0.0201. The number of fused-ring (bicyclic) bond motifs is 1. The number of aromatic nitrogens is 2. The minimum Gasteiger partial charge on any atom is -0.480 e. The van der Waals surface area contributed by atoms with Crippen LogP contribution < -0.4 is 5.56 Å². The molecule has 0 aliphatic rings. The topological polar surface area (TPSA) is 101 Å². The van der Waals surface area contributed by atoms with Gasteiger partial charge in [0.1, 0.15) is 12.1 Å². The standard InChI is InChI=1S/C13H15N3O5S/c1-8-7-22-13-14-5-9(12(20)16(8)13)11(19)15(3-4-21-2)6-10(17)18/h5,7H,3-4,6H2,1-2H3,(H,17,18). The molecule has 0 aliphatic carbocycles. The monoisotopic (exact) mass is 325 g/mol. The van der Waals surface area contributed by atoms with Crippen molar-refractivity contribution in [3.63, 3.8) is 0 Å². The third-order valence-electron chi connectivity index (χ3n) is 3.03. The van der Waals surface area contributed by atoms with Crippen molar-refractivity contribution in [1.29, 1.82) is 0 Å². The highest BCUT2D eigenvalue weighted by Crippen LogP contribution is 2.11. The molecule has 2 aromatic heterocycles. The van der Waals surface area contributed by atoms with Crippen molar-refractivity contribution in [1.82, 2.24) is 14.3 Å². The molecule has 0 saturated heterocycles. The number of carbonyl (C=O) groups excluding carboxylic acids is 1. The second kappa shape index (κ2) is 6.67. The molecule has 118 valence electrons. The smallest absolute Gasteiger partial charge is 0.323 e. The lowest BCUT2D eigenvalue weighted by molar-refractivity contribution is -0.137. The fourth-order valence-corrected chi connectivity index (χ4v) is 2.79. The van der Waals surface area contributed by atoms with Crippen LogP contribution in [0.25, 0.3) is 4.96 Å². The van der Waals surface area contributed by atoms with Crippen molar-refractivity contribution in [3.8, 4) is 0 Å². The first kappa shape index (κ1) is 16.1. The number of aryl methyl sites for hydroxylation is 1. The minimum absolute atomic E-state index is 0.0758. The van der Waals surface area contributed by atoms with E-state index in [0.29, 0.717) is 10.7 Å². The first-order valence-electron chi connectivity index (χ1n) is 6.41. The van der Waals surface area contributed by atoms with E-state index in [0.717, 1.165) is 4.90 Å². The normalized spacial score (nSPS) is 10.8. The summed E-state index contributed by atoms with van der Waals surface area (Å²) < 4.78 is 6.20. The third kappa shape index (κ3) is 3.15. The van der Waals surface area contributed by atoms with Crippen LogP contribution in [0.1, 0.15) is 16.1 Å². The van der Waals surface area contributed by atoms with Gasteiger partial charge in [0.2, 0.25) is 0 Å². The van der Waals surface area contributed by atoms with Gasteiger partial charge in [-0.25, -0.2) is 4.98 Å². The van der Waals surface area contributed by atoms with Crippen LogP contribution in [0.15, 0.2) is 16.4 Å². The van der Waals surface area contributed by atoms with E-state index in [4.69, 9.17) is 9.84 Å². The van der Waals surface area contributed by atoms with Gasteiger partial charge in [-0.3, -0.25) is 18.8 Å². The second-order valence-electron chi connectivity index (χ2n) is 4.59. The maximum Gasteiger partial charge on any atom is 0.323 e. The van der Waals surface area contributed by atoms with Gasteiger partial charge in [0.05, 0.1) is 6.61 Å². The number of carbonyl (C=O) groups is 2. The van der Waals surface area contributed by atoms with Gasteiger partial charge in [0, 0.05) is 30.9 Å². The van der Waals surface area contributed by atoms with Crippen LogP contribution in [-0.4, -0.2) is 58.1 Å². The van der Waals surface area contributed by atoms with E-state index in [-0.39, 0.29) is 18.7 Å². The zero-order chi connectivity index (χ0) is 16.3. The maximum absolute atomic E-state index is 12.4. The summed E-state index contributed by atoms with van der Waals surface area (Å²) in [7, 11) is 1.45. The zero-order valence-corrected chi connectivity index (χ0v) is 12.9. The fourth-order valence-electron chi connectivity index (χ4n) is 1.96. The highest BCUT2D eigenvalue weighted by Gasteiger charge is 2.22. The molecule has 1 N–H and O–H groups in total. The minimum atomic E-state index is -1.16. The first-order chi connectivity index (χ1) is 10.5. The molecule has 0 atom stereocenters. The predicted octanol–water partition coefficient (Wildman–Crippen LogP) is 0.238. The molecule has 0 bridgehead atoms. The molecule has 2 heterocycles. The number of amides is 1. The zero-order valence-electron chi connectivity index (χ0n) is 12.1. The van der Waals surface area contributed by atoms with Gasteiger partial charge in [-0.2, -0.15) is 0 Å². The Labute approximate surface area is 129 Å². The van der Waals surface area contributed by atoms with Gasteiger partial charge in [-0.1, -0.05) is 0 Å². The molecule has 0 radical (unpaired) electrons. The average Bonchev–Trinajstić information content (AvgIpc) is 2.85. The Kier molecular flexibility index (Phi) is 4.88. The molecule has 22 heavy (non-hydrogen) atoms. The number of nitrogens with zero attached hydrogens (tertiary/aromatic N) is 3. The number of ether oxygens (including phenoxy) is 1. The lowest BCUT2D eigenvalue weighted by atomic mass is 10.2. The molecule has 0 fully saturated rings. The van der Waals surface area contributed by atoms with E-state index in [9.17, 15) is 14.4 Å². The van der Waals surface area contributed by atoms with E-state index in [1.165, 1.54) is 29.0 Å². The molecule has 2 rings (SSSR count). The number of aliphatic carboxylic acids is 1. The van der Waals surface area contributed by atoms with Gasteiger partial charge in [0.25, 0.3) is 11.5 Å². The maximum atomic E-state index is 12.4. The molecular weight excluding hydrogens is 310 g/mol.